The molecule has 0 atom stereocenters. The first-order valence-electron chi connectivity index (χ1n) is 10.7. The van der Waals surface area contributed by atoms with Gasteiger partial charge in [0.15, 0.2) is 0 Å². The predicted octanol–water partition coefficient (Wildman–Crippen LogP) is 4.65. The maximum atomic E-state index is 12.9. The molecular weight excluding hydrogens is 382 g/mol. The van der Waals surface area contributed by atoms with Gasteiger partial charge in [-0.3, -0.25) is 9.59 Å². The molecule has 30 heavy (non-hydrogen) atoms. The van der Waals surface area contributed by atoms with Gasteiger partial charge in [0, 0.05) is 36.2 Å². The Hall–Kier alpha value is -2.76. The molecule has 1 aliphatic heterocycles. The maximum absolute atomic E-state index is 12.9. The summed E-state index contributed by atoms with van der Waals surface area (Å²) in [5.41, 5.74) is 3.62. The lowest BCUT2D eigenvalue weighted by Gasteiger charge is -2.30. The van der Waals surface area contributed by atoms with Crippen LogP contribution in [0.25, 0.3) is 16.5 Å². The number of benzene rings is 1. The fraction of sp³-hybridized carbons (Fsp3) is 0.500. The van der Waals surface area contributed by atoms with E-state index in [0.29, 0.717) is 44.9 Å². The number of allylic oxidation sites excluding steroid dienone is 1. The van der Waals surface area contributed by atoms with Crippen LogP contribution in [-0.4, -0.2) is 43.1 Å². The fourth-order valence-electron chi connectivity index (χ4n) is 3.90. The van der Waals surface area contributed by atoms with Gasteiger partial charge in [-0.25, -0.2) is 0 Å². The minimum atomic E-state index is -0.156. The molecule has 1 amide bonds. The van der Waals surface area contributed by atoms with Gasteiger partial charge in [0.25, 0.3) is 0 Å². The maximum Gasteiger partial charge on any atom is 0.309 e. The highest BCUT2D eigenvalue weighted by Gasteiger charge is 2.27. The number of hydrogen-bond donors (Lipinski definition) is 0. The van der Waals surface area contributed by atoms with Crippen molar-refractivity contribution in [2.45, 2.75) is 47.5 Å². The Bertz CT molecular complexity index is 964. The number of aryl methyl sites for hydroxylation is 2. The molecule has 6 nitrogen and oxygen atoms in total. The molecule has 1 aromatic heterocycles. The predicted molar refractivity (Wildman–Crippen MR) is 116 cm³/mol. The van der Waals surface area contributed by atoms with Gasteiger partial charge in [-0.15, -0.1) is 0 Å². The summed E-state index contributed by atoms with van der Waals surface area (Å²) in [6.45, 7) is 11.7. The quantitative estimate of drug-likeness (QED) is 0.509. The molecule has 1 aliphatic rings. The van der Waals surface area contributed by atoms with Crippen LogP contribution in [-0.2, 0) is 14.3 Å². The van der Waals surface area contributed by atoms with Crippen molar-refractivity contribution >= 4 is 28.4 Å². The van der Waals surface area contributed by atoms with Crippen molar-refractivity contribution in [2.75, 3.05) is 26.3 Å². The summed E-state index contributed by atoms with van der Waals surface area (Å²) in [7, 11) is 0. The van der Waals surface area contributed by atoms with E-state index in [1.807, 2.05) is 46.8 Å². The van der Waals surface area contributed by atoms with Crippen LogP contribution in [0.1, 0.15) is 50.5 Å². The first-order valence-corrected chi connectivity index (χ1v) is 10.7. The van der Waals surface area contributed by atoms with E-state index in [2.05, 4.69) is 0 Å². The van der Waals surface area contributed by atoms with Crippen LogP contribution in [0, 0.1) is 19.8 Å². The Morgan fingerprint density at radius 3 is 2.50 bits per heavy atom. The van der Waals surface area contributed by atoms with Crippen molar-refractivity contribution in [3.8, 4) is 5.75 Å². The normalized spacial score (nSPS) is 15.5. The third-order valence-corrected chi connectivity index (χ3v) is 5.77. The molecule has 2 aromatic rings. The van der Waals surface area contributed by atoms with Crippen LogP contribution in [0.4, 0.5) is 0 Å². The molecule has 6 heteroatoms. The molecule has 0 aliphatic carbocycles. The van der Waals surface area contributed by atoms with E-state index >= 15 is 0 Å². The highest BCUT2D eigenvalue weighted by Crippen LogP contribution is 2.35. The molecule has 0 bridgehead atoms. The number of carbonyl (C=O) groups excluding carboxylic acids is 2. The highest BCUT2D eigenvalue weighted by atomic mass is 16.5. The average molecular weight is 414 g/mol. The van der Waals surface area contributed by atoms with E-state index in [9.17, 15) is 9.59 Å². The Balaban J connectivity index is 1.80. The van der Waals surface area contributed by atoms with Gasteiger partial charge in [-0.1, -0.05) is 0 Å². The number of esters is 1. The zero-order valence-electron chi connectivity index (χ0n) is 18.5. The van der Waals surface area contributed by atoms with Gasteiger partial charge in [0.05, 0.1) is 19.1 Å². The lowest BCUT2D eigenvalue weighted by Crippen LogP contribution is -2.40. The second kappa shape index (κ2) is 9.37. The molecular formula is C24H31NO5. The number of nitrogens with zero attached hydrogens (tertiary/aromatic N) is 1. The largest absolute Gasteiger partial charge is 0.493 e. The smallest absolute Gasteiger partial charge is 0.309 e. The summed E-state index contributed by atoms with van der Waals surface area (Å²) in [6, 6.07) is 3.94. The van der Waals surface area contributed by atoms with Crippen LogP contribution in [0.2, 0.25) is 0 Å². The van der Waals surface area contributed by atoms with Crippen molar-refractivity contribution in [2.24, 2.45) is 5.92 Å². The number of ether oxygens (including phenoxy) is 2. The van der Waals surface area contributed by atoms with Crippen LogP contribution in [0.15, 0.2) is 22.6 Å². The third-order valence-electron chi connectivity index (χ3n) is 5.77. The molecule has 0 radical (unpaired) electrons. The van der Waals surface area contributed by atoms with Gasteiger partial charge in [0.1, 0.15) is 17.1 Å². The first-order chi connectivity index (χ1) is 14.3. The number of fused-ring (bicyclic) bond motifs is 1. The molecule has 1 fully saturated rings. The van der Waals surface area contributed by atoms with Gasteiger partial charge in [0.2, 0.25) is 5.91 Å². The summed E-state index contributed by atoms with van der Waals surface area (Å²) in [5.74, 6) is 1.28. The number of furan rings is 1. The van der Waals surface area contributed by atoms with Gasteiger partial charge in [-0.2, -0.15) is 0 Å². The number of piperidine rings is 1. The molecule has 162 valence electrons. The average Bonchev–Trinajstić information content (AvgIpc) is 3.00. The van der Waals surface area contributed by atoms with E-state index in [1.165, 1.54) is 0 Å². The van der Waals surface area contributed by atoms with E-state index < -0.39 is 0 Å². The minimum absolute atomic E-state index is 0.0440. The van der Waals surface area contributed by atoms with Gasteiger partial charge < -0.3 is 18.8 Å². The topological polar surface area (TPSA) is 69.0 Å². The summed E-state index contributed by atoms with van der Waals surface area (Å²) >= 11 is 0. The van der Waals surface area contributed by atoms with E-state index in [0.717, 1.165) is 33.4 Å². The van der Waals surface area contributed by atoms with Crippen molar-refractivity contribution in [3.63, 3.8) is 0 Å². The SMILES string of the molecule is CCOC(=O)C1CCN(C(=O)/C=C(\C)c2cc3c(C)c(C)oc3cc2OCC)CC1. The second-order valence-corrected chi connectivity index (χ2v) is 7.74. The monoisotopic (exact) mass is 413 g/mol. The Morgan fingerprint density at radius 2 is 1.87 bits per heavy atom. The lowest BCUT2D eigenvalue weighted by atomic mass is 9.96. The molecule has 0 N–H and O–H groups in total. The summed E-state index contributed by atoms with van der Waals surface area (Å²) in [6.07, 6.45) is 2.94. The third kappa shape index (κ3) is 4.53. The number of rotatable bonds is 6. The zero-order chi connectivity index (χ0) is 21.8. The standard InChI is InChI=1S/C24H31NO5/c1-6-28-21-14-22-20(16(4)17(5)30-22)13-19(21)15(3)12-23(26)25-10-8-18(9-11-25)24(27)29-7-2/h12-14,18H,6-11H2,1-5H3/b15-12+. The number of amides is 1. The molecule has 0 spiro atoms. The molecule has 0 saturated carbocycles. The van der Waals surface area contributed by atoms with Crippen LogP contribution in [0.3, 0.4) is 0 Å². The van der Waals surface area contributed by atoms with Crippen molar-refractivity contribution in [3.05, 3.63) is 35.1 Å². The van der Waals surface area contributed by atoms with Gasteiger partial charge in [-0.05, 0) is 64.7 Å². The number of likely N-dealkylation sites (tertiary alicyclic amines) is 1. The van der Waals surface area contributed by atoms with E-state index in [-0.39, 0.29) is 17.8 Å². The highest BCUT2D eigenvalue weighted by molar-refractivity contribution is 5.97. The van der Waals surface area contributed by atoms with Crippen molar-refractivity contribution in [1.82, 2.24) is 4.90 Å². The molecule has 1 saturated heterocycles. The number of hydrogen-bond acceptors (Lipinski definition) is 5. The zero-order valence-corrected chi connectivity index (χ0v) is 18.5. The Labute approximate surface area is 177 Å². The van der Waals surface area contributed by atoms with E-state index in [1.54, 1.807) is 11.0 Å². The first kappa shape index (κ1) is 21.9. The minimum Gasteiger partial charge on any atom is -0.493 e. The van der Waals surface area contributed by atoms with Crippen molar-refractivity contribution in [1.29, 1.82) is 0 Å². The summed E-state index contributed by atoms with van der Waals surface area (Å²) < 4.78 is 16.8. The second-order valence-electron chi connectivity index (χ2n) is 7.74. The molecule has 1 aromatic carbocycles. The Kier molecular flexibility index (Phi) is 6.85. The van der Waals surface area contributed by atoms with Crippen LogP contribution >= 0.6 is 0 Å². The summed E-state index contributed by atoms with van der Waals surface area (Å²) in [4.78, 5) is 26.6. The van der Waals surface area contributed by atoms with Crippen molar-refractivity contribution < 1.29 is 23.5 Å². The molecule has 3 rings (SSSR count). The van der Waals surface area contributed by atoms with E-state index in [4.69, 9.17) is 13.9 Å². The Morgan fingerprint density at radius 1 is 1.17 bits per heavy atom. The number of carbonyl (C=O) groups is 2. The lowest BCUT2D eigenvalue weighted by molar-refractivity contribution is -0.150. The molecule has 2 heterocycles. The van der Waals surface area contributed by atoms with Crippen LogP contribution in [0.5, 0.6) is 5.75 Å². The summed E-state index contributed by atoms with van der Waals surface area (Å²) in [5, 5.41) is 1.03. The fourth-order valence-corrected chi connectivity index (χ4v) is 3.90. The van der Waals surface area contributed by atoms with Crippen LogP contribution < -0.4 is 4.74 Å². The molecule has 0 unspecified atom stereocenters. The van der Waals surface area contributed by atoms with Gasteiger partial charge >= 0.3 is 5.97 Å².